The summed E-state index contributed by atoms with van der Waals surface area (Å²) in [7, 11) is 0. The maximum Gasteiger partial charge on any atom is 0.371 e. The first kappa shape index (κ1) is 14.2. The van der Waals surface area contributed by atoms with Crippen LogP contribution >= 0.6 is 0 Å². The highest BCUT2D eigenvalue weighted by atomic mass is 16.4. The van der Waals surface area contributed by atoms with Crippen molar-refractivity contribution in [3.05, 3.63) is 23.7 Å². The number of hydrogen-bond acceptors (Lipinski definition) is 4. The van der Waals surface area contributed by atoms with Gasteiger partial charge in [-0.1, -0.05) is 13.8 Å². The quantitative estimate of drug-likeness (QED) is 0.697. The van der Waals surface area contributed by atoms with Crippen LogP contribution in [-0.2, 0) is 11.3 Å². The number of nitrogens with one attached hydrogen (secondary N) is 1. The van der Waals surface area contributed by atoms with Gasteiger partial charge in [0.15, 0.2) is 0 Å². The van der Waals surface area contributed by atoms with Crippen molar-refractivity contribution in [1.29, 1.82) is 0 Å². The van der Waals surface area contributed by atoms with Gasteiger partial charge in [0, 0.05) is 6.54 Å². The van der Waals surface area contributed by atoms with E-state index in [1.165, 1.54) is 12.1 Å². The third-order valence-electron chi connectivity index (χ3n) is 2.70. The minimum absolute atomic E-state index is 0.140. The molecule has 0 aliphatic carbocycles. The highest BCUT2D eigenvalue weighted by Gasteiger charge is 2.20. The molecule has 18 heavy (non-hydrogen) atoms. The largest absolute Gasteiger partial charge is 0.475 e. The molecule has 0 spiro atoms. The molecule has 6 nitrogen and oxygen atoms in total. The summed E-state index contributed by atoms with van der Waals surface area (Å²) < 4.78 is 5.02. The van der Waals surface area contributed by atoms with Crippen LogP contribution in [0.1, 0.15) is 30.2 Å². The minimum Gasteiger partial charge on any atom is -0.475 e. The van der Waals surface area contributed by atoms with Crippen LogP contribution in [0.5, 0.6) is 0 Å². The Labute approximate surface area is 105 Å². The second kappa shape index (κ2) is 6.20. The first-order valence-corrected chi connectivity index (χ1v) is 5.75. The average Bonchev–Trinajstić information content (AvgIpc) is 2.75. The van der Waals surface area contributed by atoms with Gasteiger partial charge < -0.3 is 20.6 Å². The Morgan fingerprint density at radius 1 is 1.44 bits per heavy atom. The zero-order chi connectivity index (χ0) is 13.7. The number of furan rings is 1. The molecule has 6 heteroatoms. The van der Waals surface area contributed by atoms with Crippen molar-refractivity contribution in [2.24, 2.45) is 17.6 Å². The van der Waals surface area contributed by atoms with E-state index in [1.807, 2.05) is 13.8 Å². The van der Waals surface area contributed by atoms with Gasteiger partial charge in [0.1, 0.15) is 5.76 Å². The van der Waals surface area contributed by atoms with E-state index >= 15 is 0 Å². The molecule has 1 amide bonds. The maximum atomic E-state index is 11.8. The molecule has 0 saturated heterocycles. The maximum absolute atomic E-state index is 11.8. The van der Waals surface area contributed by atoms with Gasteiger partial charge in [-0.3, -0.25) is 4.79 Å². The first-order chi connectivity index (χ1) is 8.45. The van der Waals surface area contributed by atoms with Gasteiger partial charge in [0.05, 0.1) is 12.5 Å². The van der Waals surface area contributed by atoms with Crippen LogP contribution in [0.4, 0.5) is 0 Å². The molecule has 4 N–H and O–H groups in total. The molecule has 1 heterocycles. The molecule has 0 saturated carbocycles. The third kappa shape index (κ3) is 3.59. The molecule has 100 valence electrons. The molecule has 0 fully saturated rings. The average molecular weight is 254 g/mol. The summed E-state index contributed by atoms with van der Waals surface area (Å²) in [5.41, 5.74) is 5.53. The second-order valence-corrected chi connectivity index (χ2v) is 4.38. The van der Waals surface area contributed by atoms with Crippen molar-refractivity contribution < 1.29 is 19.1 Å². The van der Waals surface area contributed by atoms with E-state index in [0.717, 1.165) is 0 Å². The van der Waals surface area contributed by atoms with E-state index in [9.17, 15) is 9.59 Å². The predicted molar refractivity (Wildman–Crippen MR) is 64.9 cm³/mol. The summed E-state index contributed by atoms with van der Waals surface area (Å²) in [5.74, 6) is -1.12. The predicted octanol–water partition coefficient (Wildman–Crippen LogP) is 0.825. The second-order valence-electron chi connectivity index (χ2n) is 4.38. The normalized spacial score (nSPS) is 12.4. The Kier molecular flexibility index (Phi) is 4.91. The van der Waals surface area contributed by atoms with E-state index in [2.05, 4.69) is 5.32 Å². The van der Waals surface area contributed by atoms with E-state index in [-0.39, 0.29) is 36.6 Å². The zero-order valence-electron chi connectivity index (χ0n) is 10.5. The summed E-state index contributed by atoms with van der Waals surface area (Å²) >= 11 is 0. The standard InChI is InChI=1S/C12H18N2O4/c1-7(2)9(5-13)11(15)14-6-8-3-4-10(18-8)12(16)17/h3-4,7,9H,5-6,13H2,1-2H3,(H,14,15)(H,16,17). The van der Waals surface area contributed by atoms with Crippen molar-refractivity contribution in [3.8, 4) is 0 Å². The van der Waals surface area contributed by atoms with Crippen molar-refractivity contribution in [2.75, 3.05) is 6.54 Å². The number of amides is 1. The summed E-state index contributed by atoms with van der Waals surface area (Å²) in [6, 6.07) is 2.88. The van der Waals surface area contributed by atoms with Gasteiger partial charge in [0.2, 0.25) is 11.7 Å². The lowest BCUT2D eigenvalue weighted by molar-refractivity contribution is -0.126. The van der Waals surface area contributed by atoms with Gasteiger partial charge in [-0.05, 0) is 18.1 Å². The van der Waals surface area contributed by atoms with Gasteiger partial charge >= 0.3 is 5.97 Å². The Morgan fingerprint density at radius 2 is 2.11 bits per heavy atom. The van der Waals surface area contributed by atoms with Crippen molar-refractivity contribution in [2.45, 2.75) is 20.4 Å². The number of carboxylic acid groups (broad SMARTS) is 1. The zero-order valence-corrected chi connectivity index (χ0v) is 10.5. The molecule has 0 aromatic carbocycles. The van der Waals surface area contributed by atoms with Crippen LogP contribution in [-0.4, -0.2) is 23.5 Å². The molecule has 1 atom stereocenters. The van der Waals surface area contributed by atoms with Crippen molar-refractivity contribution >= 4 is 11.9 Å². The smallest absolute Gasteiger partial charge is 0.371 e. The third-order valence-corrected chi connectivity index (χ3v) is 2.70. The molecule has 1 aromatic rings. The number of carbonyl (C=O) groups excluding carboxylic acids is 1. The summed E-state index contributed by atoms with van der Waals surface area (Å²) in [6.45, 7) is 4.29. The fraction of sp³-hybridized carbons (Fsp3) is 0.500. The molecule has 0 aliphatic heterocycles. The Hall–Kier alpha value is -1.82. The van der Waals surface area contributed by atoms with Gasteiger partial charge in [-0.15, -0.1) is 0 Å². The highest BCUT2D eigenvalue weighted by Crippen LogP contribution is 2.11. The molecule has 0 radical (unpaired) electrons. The van der Waals surface area contributed by atoms with E-state index in [1.54, 1.807) is 0 Å². The van der Waals surface area contributed by atoms with Crippen LogP contribution in [0.15, 0.2) is 16.5 Å². The Bertz CT molecular complexity index is 425. The van der Waals surface area contributed by atoms with Gasteiger partial charge in [-0.2, -0.15) is 0 Å². The minimum atomic E-state index is -1.13. The van der Waals surface area contributed by atoms with E-state index in [0.29, 0.717) is 5.76 Å². The fourth-order valence-electron chi connectivity index (χ4n) is 1.58. The van der Waals surface area contributed by atoms with Gasteiger partial charge in [0.25, 0.3) is 0 Å². The van der Waals surface area contributed by atoms with Crippen LogP contribution < -0.4 is 11.1 Å². The first-order valence-electron chi connectivity index (χ1n) is 5.75. The van der Waals surface area contributed by atoms with Crippen LogP contribution in [0.2, 0.25) is 0 Å². The van der Waals surface area contributed by atoms with Gasteiger partial charge in [-0.25, -0.2) is 4.79 Å². The number of carbonyl (C=O) groups is 2. The summed E-state index contributed by atoms with van der Waals surface area (Å²) in [6.07, 6.45) is 0. The number of rotatable bonds is 6. The number of carboxylic acids is 1. The summed E-state index contributed by atoms with van der Waals surface area (Å²) in [5, 5.41) is 11.4. The fourth-order valence-corrected chi connectivity index (χ4v) is 1.58. The molecule has 0 bridgehead atoms. The topological polar surface area (TPSA) is 106 Å². The molecule has 0 aliphatic rings. The van der Waals surface area contributed by atoms with E-state index < -0.39 is 5.97 Å². The Balaban J connectivity index is 2.53. The van der Waals surface area contributed by atoms with E-state index in [4.69, 9.17) is 15.3 Å². The summed E-state index contributed by atoms with van der Waals surface area (Å²) in [4.78, 5) is 22.4. The Morgan fingerprint density at radius 3 is 2.56 bits per heavy atom. The number of hydrogen-bond donors (Lipinski definition) is 3. The molecule has 1 rings (SSSR count). The van der Waals surface area contributed by atoms with Crippen LogP contribution in [0.3, 0.4) is 0 Å². The highest BCUT2D eigenvalue weighted by molar-refractivity contribution is 5.84. The lowest BCUT2D eigenvalue weighted by Crippen LogP contribution is -2.37. The van der Waals surface area contributed by atoms with Crippen molar-refractivity contribution in [1.82, 2.24) is 5.32 Å². The number of aromatic carboxylic acids is 1. The molecule has 1 unspecified atom stereocenters. The van der Waals surface area contributed by atoms with Crippen molar-refractivity contribution in [3.63, 3.8) is 0 Å². The lowest BCUT2D eigenvalue weighted by atomic mass is 9.95. The molecular formula is C12H18N2O4. The van der Waals surface area contributed by atoms with Crippen LogP contribution in [0, 0.1) is 11.8 Å². The lowest BCUT2D eigenvalue weighted by Gasteiger charge is -2.17. The van der Waals surface area contributed by atoms with Crippen LogP contribution in [0.25, 0.3) is 0 Å². The molecular weight excluding hydrogens is 236 g/mol. The number of nitrogens with two attached hydrogens (primary N) is 1. The monoisotopic (exact) mass is 254 g/mol. The SMILES string of the molecule is CC(C)C(CN)C(=O)NCc1ccc(C(=O)O)o1. The molecule has 1 aromatic heterocycles.